The number of hydrogen-bond donors (Lipinski definition) is 3. The van der Waals surface area contributed by atoms with E-state index in [4.69, 9.17) is 9.47 Å². The third-order valence-electron chi connectivity index (χ3n) is 4.55. The number of urea groups is 1. The van der Waals surface area contributed by atoms with Crippen LogP contribution in [0.2, 0.25) is 0 Å². The van der Waals surface area contributed by atoms with Crippen molar-refractivity contribution in [2.75, 3.05) is 31.4 Å². The van der Waals surface area contributed by atoms with E-state index in [0.29, 0.717) is 17.1 Å². The lowest BCUT2D eigenvalue weighted by Gasteiger charge is -2.13. The maximum Gasteiger partial charge on any atom is 0.319 e. The van der Waals surface area contributed by atoms with Gasteiger partial charge < -0.3 is 25.4 Å². The van der Waals surface area contributed by atoms with Crippen molar-refractivity contribution in [1.29, 1.82) is 0 Å². The molecule has 0 bridgehead atoms. The molecule has 3 aromatic rings. The topological polar surface area (TPSA) is 88.7 Å². The Morgan fingerprint density at radius 3 is 2.23 bits per heavy atom. The maximum absolute atomic E-state index is 12.3. The second-order valence-electron chi connectivity index (χ2n) is 6.69. The van der Waals surface area contributed by atoms with Crippen LogP contribution in [0.15, 0.2) is 72.8 Å². The summed E-state index contributed by atoms with van der Waals surface area (Å²) in [4.78, 5) is 24.2. The molecule has 3 aromatic carbocycles. The minimum absolute atomic E-state index is 0.145. The first kappa shape index (κ1) is 21.7. The van der Waals surface area contributed by atoms with E-state index in [2.05, 4.69) is 16.0 Å². The van der Waals surface area contributed by atoms with Crippen molar-refractivity contribution in [2.24, 2.45) is 0 Å². The van der Waals surface area contributed by atoms with Crippen LogP contribution < -0.4 is 25.4 Å². The second kappa shape index (κ2) is 10.7. The van der Waals surface area contributed by atoms with Gasteiger partial charge in [-0.25, -0.2) is 4.79 Å². The van der Waals surface area contributed by atoms with Crippen molar-refractivity contribution >= 4 is 23.3 Å². The number of anilines is 2. The molecule has 0 aliphatic heterocycles. The van der Waals surface area contributed by atoms with Crippen molar-refractivity contribution in [3.63, 3.8) is 0 Å². The molecule has 7 nitrogen and oxygen atoms in total. The molecule has 3 amide bonds. The monoisotopic (exact) mass is 419 g/mol. The molecule has 7 heteroatoms. The van der Waals surface area contributed by atoms with Gasteiger partial charge >= 0.3 is 6.03 Å². The Labute approximate surface area is 181 Å². The normalized spacial score (nSPS) is 10.1. The molecule has 3 N–H and O–H groups in total. The largest absolute Gasteiger partial charge is 0.497 e. The van der Waals surface area contributed by atoms with Crippen molar-refractivity contribution in [1.82, 2.24) is 5.32 Å². The van der Waals surface area contributed by atoms with Crippen LogP contribution in [0.5, 0.6) is 11.5 Å². The summed E-state index contributed by atoms with van der Waals surface area (Å²) in [6, 6.07) is 21.8. The fourth-order valence-corrected chi connectivity index (χ4v) is 2.99. The van der Waals surface area contributed by atoms with Gasteiger partial charge in [0.05, 0.1) is 14.2 Å². The number of nitrogens with one attached hydrogen (secondary N) is 3. The summed E-state index contributed by atoms with van der Waals surface area (Å²) < 4.78 is 10.7. The van der Waals surface area contributed by atoms with Gasteiger partial charge in [-0.2, -0.15) is 0 Å². The first-order valence-electron chi connectivity index (χ1n) is 9.81. The number of carbonyl (C=O) groups excluding carboxylic acids is 2. The summed E-state index contributed by atoms with van der Waals surface area (Å²) in [6.45, 7) is 0.214. The number of carbonyl (C=O) groups is 2. The van der Waals surface area contributed by atoms with E-state index in [0.717, 1.165) is 16.9 Å². The van der Waals surface area contributed by atoms with Gasteiger partial charge in [-0.1, -0.05) is 30.3 Å². The number of ether oxygens (including phenoxy) is 2. The number of methoxy groups -OCH3 is 2. The first-order chi connectivity index (χ1) is 15.1. The van der Waals surface area contributed by atoms with Crippen LogP contribution in [0, 0.1) is 0 Å². The Morgan fingerprint density at radius 1 is 0.806 bits per heavy atom. The van der Waals surface area contributed by atoms with Gasteiger partial charge in [0.1, 0.15) is 11.5 Å². The Kier molecular flexibility index (Phi) is 7.48. The van der Waals surface area contributed by atoms with Gasteiger partial charge in [-0.3, -0.25) is 4.79 Å². The minimum atomic E-state index is -0.356. The molecule has 0 aromatic heterocycles. The van der Waals surface area contributed by atoms with Crippen LogP contribution in [0.3, 0.4) is 0 Å². The van der Waals surface area contributed by atoms with Gasteiger partial charge in [0.2, 0.25) is 5.91 Å². The van der Waals surface area contributed by atoms with Crippen molar-refractivity contribution in [3.8, 4) is 22.6 Å². The summed E-state index contributed by atoms with van der Waals surface area (Å²) >= 11 is 0. The summed E-state index contributed by atoms with van der Waals surface area (Å²) in [5.74, 6) is 1.25. The van der Waals surface area contributed by atoms with E-state index in [-0.39, 0.29) is 24.9 Å². The molecule has 0 fully saturated rings. The fraction of sp³-hybridized carbons (Fsp3) is 0.167. The maximum atomic E-state index is 12.3. The van der Waals surface area contributed by atoms with E-state index in [1.165, 1.54) is 0 Å². The van der Waals surface area contributed by atoms with E-state index in [1.54, 1.807) is 38.5 Å². The van der Waals surface area contributed by atoms with Gasteiger partial charge in [-0.15, -0.1) is 0 Å². The zero-order valence-corrected chi connectivity index (χ0v) is 17.5. The molecule has 0 unspecified atom stereocenters. The quantitative estimate of drug-likeness (QED) is 0.501. The van der Waals surface area contributed by atoms with E-state index >= 15 is 0 Å². The number of hydrogen-bond acceptors (Lipinski definition) is 4. The average Bonchev–Trinajstić information content (AvgIpc) is 2.79. The summed E-state index contributed by atoms with van der Waals surface area (Å²) in [6.07, 6.45) is 0.145. The molecule has 0 spiro atoms. The van der Waals surface area contributed by atoms with Gasteiger partial charge in [0, 0.05) is 29.9 Å². The predicted molar refractivity (Wildman–Crippen MR) is 122 cm³/mol. The fourth-order valence-electron chi connectivity index (χ4n) is 2.99. The number of amides is 3. The summed E-state index contributed by atoms with van der Waals surface area (Å²) in [5, 5.41) is 8.24. The molecule has 0 heterocycles. The van der Waals surface area contributed by atoms with Gasteiger partial charge in [0.25, 0.3) is 0 Å². The van der Waals surface area contributed by atoms with Crippen LogP contribution in [0.4, 0.5) is 16.2 Å². The van der Waals surface area contributed by atoms with Crippen molar-refractivity contribution in [2.45, 2.75) is 6.42 Å². The lowest BCUT2D eigenvalue weighted by atomic mass is 10.0. The van der Waals surface area contributed by atoms with Crippen LogP contribution in [0.25, 0.3) is 11.1 Å². The molecule has 0 saturated carbocycles. The summed E-state index contributed by atoms with van der Waals surface area (Å²) in [7, 11) is 3.22. The predicted octanol–water partition coefficient (Wildman–Crippen LogP) is 4.52. The van der Waals surface area contributed by atoms with E-state index in [1.807, 2.05) is 48.5 Å². The molecule has 0 radical (unpaired) electrons. The Hall–Kier alpha value is -4.00. The second-order valence-corrected chi connectivity index (χ2v) is 6.69. The highest BCUT2D eigenvalue weighted by Crippen LogP contribution is 2.33. The highest BCUT2D eigenvalue weighted by Gasteiger charge is 2.10. The summed E-state index contributed by atoms with van der Waals surface area (Å²) in [5.41, 5.74) is 3.12. The number of benzene rings is 3. The van der Waals surface area contributed by atoms with Crippen LogP contribution in [-0.2, 0) is 4.79 Å². The Morgan fingerprint density at radius 2 is 1.55 bits per heavy atom. The third kappa shape index (κ3) is 6.24. The zero-order chi connectivity index (χ0) is 22.1. The number of rotatable bonds is 8. The van der Waals surface area contributed by atoms with Gasteiger partial charge in [0.15, 0.2) is 0 Å². The van der Waals surface area contributed by atoms with Crippen LogP contribution in [0.1, 0.15) is 6.42 Å². The lowest BCUT2D eigenvalue weighted by molar-refractivity contribution is -0.116. The van der Waals surface area contributed by atoms with Crippen LogP contribution >= 0.6 is 0 Å². The third-order valence-corrected chi connectivity index (χ3v) is 4.55. The highest BCUT2D eigenvalue weighted by molar-refractivity contribution is 5.93. The molecule has 0 aliphatic carbocycles. The molecule has 31 heavy (non-hydrogen) atoms. The lowest BCUT2D eigenvalue weighted by Crippen LogP contribution is -2.31. The molecular formula is C24H25N3O4. The molecule has 0 aliphatic rings. The molecule has 0 saturated heterocycles. The van der Waals surface area contributed by atoms with E-state index in [9.17, 15) is 9.59 Å². The van der Waals surface area contributed by atoms with Gasteiger partial charge in [-0.05, 0) is 48.0 Å². The number of para-hydroxylation sites is 1. The first-order valence-corrected chi connectivity index (χ1v) is 9.81. The standard InChI is InChI=1S/C24H25N3O4/c1-30-20-11-8-17(9-12-20)21-16-19(10-13-22(21)31-2)26-23(28)14-15-25-24(29)27-18-6-4-3-5-7-18/h3-13,16H,14-15H2,1-2H3,(H,26,28)(H2,25,27,29). The minimum Gasteiger partial charge on any atom is -0.497 e. The molecule has 0 atom stereocenters. The van der Waals surface area contributed by atoms with Crippen molar-refractivity contribution < 1.29 is 19.1 Å². The average molecular weight is 419 g/mol. The van der Waals surface area contributed by atoms with Crippen molar-refractivity contribution in [3.05, 3.63) is 72.8 Å². The van der Waals surface area contributed by atoms with E-state index < -0.39 is 0 Å². The Bertz CT molecular complexity index is 1020. The van der Waals surface area contributed by atoms with Crippen LogP contribution in [-0.4, -0.2) is 32.7 Å². The molecular weight excluding hydrogens is 394 g/mol. The zero-order valence-electron chi connectivity index (χ0n) is 17.5. The molecule has 3 rings (SSSR count). The smallest absolute Gasteiger partial charge is 0.319 e. The SMILES string of the molecule is COc1ccc(-c2cc(NC(=O)CCNC(=O)Nc3ccccc3)ccc2OC)cc1. The Balaban J connectivity index is 1.56. The highest BCUT2D eigenvalue weighted by atomic mass is 16.5. The molecule has 160 valence electrons.